The second-order valence-corrected chi connectivity index (χ2v) is 7.27. The van der Waals surface area contributed by atoms with Crippen molar-refractivity contribution in [1.29, 1.82) is 0 Å². The summed E-state index contributed by atoms with van der Waals surface area (Å²) >= 11 is 0. The number of likely N-dealkylation sites (tertiary alicyclic amines) is 1. The van der Waals surface area contributed by atoms with Crippen LogP contribution in [0.4, 0.5) is 8.78 Å². The standard InChI is InChI=1S/C17H22F2N4O/c1-17(2,3)23-16(20-10-21-23)9-22-8-12(24)7-15(22)11-4-5-13(18)14(19)6-11/h4-6,10,12,15,24H,7-9H2,1-3H3/t12-,15-/m1/s1. The quantitative estimate of drug-likeness (QED) is 0.936. The van der Waals surface area contributed by atoms with E-state index in [4.69, 9.17) is 0 Å². The summed E-state index contributed by atoms with van der Waals surface area (Å²) in [6.07, 6.45) is 1.49. The van der Waals surface area contributed by atoms with Crippen LogP contribution in [-0.4, -0.2) is 37.4 Å². The van der Waals surface area contributed by atoms with Gasteiger partial charge in [0.05, 0.1) is 18.2 Å². The van der Waals surface area contributed by atoms with E-state index in [2.05, 4.69) is 10.1 Å². The Kier molecular flexibility index (Phi) is 4.40. The fourth-order valence-electron chi connectivity index (χ4n) is 3.24. The highest BCUT2D eigenvalue weighted by Crippen LogP contribution is 2.34. The lowest BCUT2D eigenvalue weighted by molar-refractivity contribution is 0.168. The van der Waals surface area contributed by atoms with Crippen molar-refractivity contribution in [1.82, 2.24) is 19.7 Å². The SMILES string of the molecule is CC(C)(C)n1ncnc1CN1C[C@H](O)C[C@@H]1c1ccc(F)c(F)c1. The molecule has 24 heavy (non-hydrogen) atoms. The van der Waals surface area contributed by atoms with Crippen LogP contribution >= 0.6 is 0 Å². The van der Waals surface area contributed by atoms with Crippen molar-refractivity contribution >= 4 is 0 Å². The van der Waals surface area contributed by atoms with Gasteiger partial charge in [0, 0.05) is 12.6 Å². The summed E-state index contributed by atoms with van der Waals surface area (Å²) in [5, 5.41) is 14.3. The van der Waals surface area contributed by atoms with Crippen LogP contribution in [0.5, 0.6) is 0 Å². The van der Waals surface area contributed by atoms with Crippen LogP contribution in [0.25, 0.3) is 0 Å². The van der Waals surface area contributed by atoms with Gasteiger partial charge in [0.1, 0.15) is 12.2 Å². The topological polar surface area (TPSA) is 54.2 Å². The first-order valence-electron chi connectivity index (χ1n) is 8.02. The van der Waals surface area contributed by atoms with E-state index in [1.807, 2.05) is 30.4 Å². The Bertz CT molecular complexity index is 726. The number of aliphatic hydroxyl groups excluding tert-OH is 1. The number of β-amino-alcohol motifs (C(OH)–C–C–N with tert-alkyl or cyclic N) is 1. The molecule has 1 fully saturated rings. The summed E-state index contributed by atoms with van der Waals surface area (Å²) < 4.78 is 28.6. The molecule has 5 nitrogen and oxygen atoms in total. The Morgan fingerprint density at radius 1 is 1.25 bits per heavy atom. The summed E-state index contributed by atoms with van der Waals surface area (Å²) in [6.45, 7) is 7.06. The molecule has 1 saturated heterocycles. The highest BCUT2D eigenvalue weighted by molar-refractivity contribution is 5.23. The lowest BCUT2D eigenvalue weighted by Gasteiger charge is -2.27. The van der Waals surface area contributed by atoms with Gasteiger partial charge >= 0.3 is 0 Å². The van der Waals surface area contributed by atoms with Crippen molar-refractivity contribution in [3.8, 4) is 0 Å². The van der Waals surface area contributed by atoms with Gasteiger partial charge in [0.25, 0.3) is 0 Å². The van der Waals surface area contributed by atoms with E-state index in [9.17, 15) is 13.9 Å². The molecule has 1 aliphatic heterocycles. The molecule has 1 aromatic carbocycles. The van der Waals surface area contributed by atoms with E-state index in [0.717, 1.165) is 11.9 Å². The van der Waals surface area contributed by atoms with Crippen molar-refractivity contribution in [3.63, 3.8) is 0 Å². The molecule has 0 radical (unpaired) electrons. The lowest BCUT2D eigenvalue weighted by atomic mass is 10.0. The zero-order chi connectivity index (χ0) is 17.5. The number of benzene rings is 1. The van der Waals surface area contributed by atoms with Crippen LogP contribution in [0.1, 0.15) is 44.6 Å². The predicted molar refractivity (Wildman–Crippen MR) is 85.2 cm³/mol. The summed E-state index contributed by atoms with van der Waals surface area (Å²) in [4.78, 5) is 6.36. The Morgan fingerprint density at radius 3 is 2.67 bits per heavy atom. The number of nitrogens with zero attached hydrogens (tertiary/aromatic N) is 4. The van der Waals surface area contributed by atoms with Gasteiger partial charge in [-0.2, -0.15) is 5.10 Å². The Labute approximate surface area is 139 Å². The molecule has 130 valence electrons. The Hall–Kier alpha value is -1.86. The third-order valence-electron chi connectivity index (χ3n) is 4.31. The normalized spacial score (nSPS) is 22.2. The minimum Gasteiger partial charge on any atom is -0.392 e. The van der Waals surface area contributed by atoms with Crippen molar-refractivity contribution in [2.24, 2.45) is 0 Å². The maximum atomic E-state index is 13.6. The van der Waals surface area contributed by atoms with Crippen LogP contribution in [0.3, 0.4) is 0 Å². The first-order valence-corrected chi connectivity index (χ1v) is 8.02. The zero-order valence-electron chi connectivity index (χ0n) is 14.1. The molecular weight excluding hydrogens is 314 g/mol. The molecule has 0 bridgehead atoms. The van der Waals surface area contributed by atoms with Gasteiger partial charge in [-0.05, 0) is 44.9 Å². The lowest BCUT2D eigenvalue weighted by Crippen LogP contribution is -2.31. The highest BCUT2D eigenvalue weighted by Gasteiger charge is 2.34. The van der Waals surface area contributed by atoms with Gasteiger partial charge in [-0.15, -0.1) is 0 Å². The van der Waals surface area contributed by atoms with E-state index in [0.29, 0.717) is 25.1 Å². The molecule has 0 unspecified atom stereocenters. The second kappa shape index (κ2) is 6.22. The molecule has 0 aliphatic carbocycles. The van der Waals surface area contributed by atoms with Crippen LogP contribution in [0.15, 0.2) is 24.5 Å². The van der Waals surface area contributed by atoms with E-state index in [1.54, 1.807) is 6.07 Å². The van der Waals surface area contributed by atoms with Crippen molar-refractivity contribution in [3.05, 3.63) is 47.5 Å². The van der Waals surface area contributed by atoms with Gasteiger partial charge in [-0.25, -0.2) is 18.4 Å². The molecular formula is C17H22F2N4O. The summed E-state index contributed by atoms with van der Waals surface area (Å²) in [5.41, 5.74) is 0.453. The average molecular weight is 336 g/mol. The van der Waals surface area contributed by atoms with Gasteiger partial charge < -0.3 is 5.11 Å². The molecule has 0 amide bonds. The van der Waals surface area contributed by atoms with Gasteiger partial charge in [-0.1, -0.05) is 6.07 Å². The molecule has 1 aromatic heterocycles. The second-order valence-electron chi connectivity index (χ2n) is 7.27. The Morgan fingerprint density at radius 2 is 2.00 bits per heavy atom. The molecule has 2 atom stereocenters. The third kappa shape index (κ3) is 3.32. The maximum absolute atomic E-state index is 13.6. The first kappa shape index (κ1) is 17.0. The summed E-state index contributed by atoms with van der Waals surface area (Å²) in [6, 6.07) is 3.73. The Balaban J connectivity index is 1.86. The van der Waals surface area contributed by atoms with Gasteiger partial charge in [0.2, 0.25) is 0 Å². The molecule has 7 heteroatoms. The molecule has 1 N–H and O–H groups in total. The van der Waals surface area contributed by atoms with E-state index < -0.39 is 17.7 Å². The minimum absolute atomic E-state index is 0.180. The third-order valence-corrected chi connectivity index (χ3v) is 4.31. The van der Waals surface area contributed by atoms with Crippen LogP contribution < -0.4 is 0 Å². The molecule has 0 saturated carbocycles. The minimum atomic E-state index is -0.869. The van der Waals surface area contributed by atoms with Gasteiger partial charge in [-0.3, -0.25) is 4.90 Å². The number of hydrogen-bond donors (Lipinski definition) is 1. The number of hydrogen-bond acceptors (Lipinski definition) is 4. The smallest absolute Gasteiger partial charge is 0.159 e. The monoisotopic (exact) mass is 336 g/mol. The maximum Gasteiger partial charge on any atom is 0.159 e. The van der Waals surface area contributed by atoms with Crippen LogP contribution in [-0.2, 0) is 12.1 Å². The molecule has 2 aromatic rings. The van der Waals surface area contributed by atoms with Crippen LogP contribution in [0.2, 0.25) is 0 Å². The number of halogens is 2. The molecule has 3 rings (SSSR count). The summed E-state index contributed by atoms with van der Waals surface area (Å²) in [5.74, 6) is -0.952. The zero-order valence-corrected chi connectivity index (χ0v) is 14.1. The highest BCUT2D eigenvalue weighted by atomic mass is 19.2. The largest absolute Gasteiger partial charge is 0.392 e. The molecule has 2 heterocycles. The van der Waals surface area contributed by atoms with Gasteiger partial charge in [0.15, 0.2) is 11.6 Å². The van der Waals surface area contributed by atoms with E-state index in [-0.39, 0.29) is 11.6 Å². The molecule has 0 spiro atoms. The van der Waals surface area contributed by atoms with Crippen molar-refractivity contribution in [2.45, 2.75) is 51.4 Å². The average Bonchev–Trinajstić information content (AvgIpc) is 3.09. The van der Waals surface area contributed by atoms with Crippen molar-refractivity contribution in [2.75, 3.05) is 6.54 Å². The van der Waals surface area contributed by atoms with Crippen molar-refractivity contribution < 1.29 is 13.9 Å². The number of aliphatic hydroxyl groups is 1. The number of rotatable bonds is 3. The fraction of sp³-hybridized carbons (Fsp3) is 0.529. The predicted octanol–water partition coefficient (Wildman–Crippen LogP) is 2.62. The van der Waals surface area contributed by atoms with Crippen LogP contribution in [0, 0.1) is 11.6 Å². The molecule has 1 aliphatic rings. The van der Waals surface area contributed by atoms with E-state index in [1.165, 1.54) is 12.4 Å². The first-order chi connectivity index (χ1) is 11.3. The fourth-order valence-corrected chi connectivity index (χ4v) is 3.24. The van der Waals surface area contributed by atoms with E-state index >= 15 is 0 Å². The number of aromatic nitrogens is 3. The summed E-state index contributed by atoms with van der Waals surface area (Å²) in [7, 11) is 0.